The van der Waals surface area contributed by atoms with Gasteiger partial charge in [-0.3, -0.25) is 5.32 Å². The van der Waals surface area contributed by atoms with Crippen molar-refractivity contribution in [1.29, 1.82) is 0 Å². The topological polar surface area (TPSA) is 45.5 Å². The highest BCUT2D eigenvalue weighted by Gasteiger charge is 2.13. The maximum Gasteiger partial charge on any atom is 0.324 e. The van der Waals surface area contributed by atoms with E-state index >= 15 is 0 Å². The summed E-state index contributed by atoms with van der Waals surface area (Å²) in [4.78, 5) is 13.8. The van der Waals surface area contributed by atoms with Crippen LogP contribution in [0.3, 0.4) is 0 Å². The van der Waals surface area contributed by atoms with Gasteiger partial charge in [-0.25, -0.2) is 4.79 Å². The van der Waals surface area contributed by atoms with Crippen molar-refractivity contribution in [2.45, 2.75) is 33.1 Å². The van der Waals surface area contributed by atoms with Crippen molar-refractivity contribution in [2.24, 2.45) is 0 Å². The average Bonchev–Trinajstić information content (AvgIpc) is 2.70. The van der Waals surface area contributed by atoms with Gasteiger partial charge in [0.2, 0.25) is 5.88 Å². The molecule has 0 atom stereocenters. The molecule has 5 heteroatoms. The molecule has 0 aliphatic carbocycles. The fourth-order valence-corrected chi connectivity index (χ4v) is 1.81. The molecule has 1 heterocycles. The normalized spacial score (nSPS) is 10.3. The van der Waals surface area contributed by atoms with Crippen LogP contribution in [0.15, 0.2) is 21.2 Å². The number of rotatable bonds is 6. The number of nitrogens with one attached hydrogen (secondary N) is 1. The summed E-state index contributed by atoms with van der Waals surface area (Å²) >= 11 is 3.20. The Labute approximate surface area is 110 Å². The van der Waals surface area contributed by atoms with Crippen LogP contribution in [0, 0.1) is 0 Å². The summed E-state index contributed by atoms with van der Waals surface area (Å²) in [6, 6.07) is 3.39. The van der Waals surface area contributed by atoms with Crippen molar-refractivity contribution in [3.63, 3.8) is 0 Å². The molecule has 0 fully saturated rings. The Balaban J connectivity index is 2.52. The predicted octanol–water partition coefficient (Wildman–Crippen LogP) is 4.09. The number of urea groups is 1. The summed E-state index contributed by atoms with van der Waals surface area (Å²) in [6.07, 6.45) is 3.06. The summed E-state index contributed by atoms with van der Waals surface area (Å²) in [5.41, 5.74) is 0. The molecule has 1 rings (SSSR count). The van der Waals surface area contributed by atoms with E-state index in [1.54, 1.807) is 12.1 Å². The third kappa shape index (κ3) is 4.81. The third-order valence-electron chi connectivity index (χ3n) is 2.37. The lowest BCUT2D eigenvalue weighted by molar-refractivity contribution is 0.210. The van der Waals surface area contributed by atoms with Crippen LogP contribution in [0.25, 0.3) is 0 Å². The van der Waals surface area contributed by atoms with E-state index in [0.717, 1.165) is 32.4 Å². The number of amides is 2. The van der Waals surface area contributed by atoms with E-state index in [0.29, 0.717) is 10.6 Å². The summed E-state index contributed by atoms with van der Waals surface area (Å²) in [7, 11) is 0. The average molecular weight is 303 g/mol. The molecule has 0 spiro atoms. The Morgan fingerprint density at radius 3 is 2.65 bits per heavy atom. The number of hydrogen-bond acceptors (Lipinski definition) is 2. The highest BCUT2D eigenvalue weighted by Crippen LogP contribution is 2.18. The fourth-order valence-electron chi connectivity index (χ4n) is 1.50. The second-order valence-corrected chi connectivity index (χ2v) is 4.66. The lowest BCUT2D eigenvalue weighted by Gasteiger charge is -2.21. The molecular formula is C12H19BrN2O2. The second-order valence-electron chi connectivity index (χ2n) is 3.87. The Kier molecular flexibility index (Phi) is 6.11. The van der Waals surface area contributed by atoms with E-state index in [-0.39, 0.29) is 6.03 Å². The molecule has 0 radical (unpaired) electrons. The molecule has 0 saturated carbocycles. The molecule has 1 aromatic rings. The number of halogens is 1. The van der Waals surface area contributed by atoms with Gasteiger partial charge in [0.05, 0.1) is 0 Å². The van der Waals surface area contributed by atoms with Gasteiger partial charge >= 0.3 is 6.03 Å². The van der Waals surface area contributed by atoms with E-state index in [4.69, 9.17) is 4.42 Å². The first kappa shape index (κ1) is 14.1. The summed E-state index contributed by atoms with van der Waals surface area (Å²) < 4.78 is 5.86. The molecule has 0 aromatic carbocycles. The molecule has 1 N–H and O–H groups in total. The van der Waals surface area contributed by atoms with Crippen molar-refractivity contribution < 1.29 is 9.21 Å². The predicted molar refractivity (Wildman–Crippen MR) is 72.2 cm³/mol. The lowest BCUT2D eigenvalue weighted by atomic mass is 10.3. The van der Waals surface area contributed by atoms with Gasteiger partial charge in [0.1, 0.15) is 0 Å². The molecule has 0 bridgehead atoms. The van der Waals surface area contributed by atoms with Gasteiger partial charge in [-0.1, -0.05) is 20.3 Å². The highest BCUT2D eigenvalue weighted by molar-refractivity contribution is 9.10. The standard InChI is InChI=1S/C12H19BrN2O2/c1-3-5-9-15(8-4-2)12(16)14-11-7-6-10(13)17-11/h6-7H,3-5,8-9H2,1-2H3,(H,14,16). The maximum atomic E-state index is 12.0. The zero-order valence-corrected chi connectivity index (χ0v) is 11.9. The molecule has 17 heavy (non-hydrogen) atoms. The number of furan rings is 1. The van der Waals surface area contributed by atoms with Gasteiger partial charge in [0.25, 0.3) is 0 Å². The maximum absolute atomic E-state index is 12.0. The van der Waals surface area contributed by atoms with E-state index in [1.165, 1.54) is 0 Å². The second kappa shape index (κ2) is 7.37. The number of carbonyl (C=O) groups is 1. The quantitative estimate of drug-likeness (QED) is 0.860. The molecular weight excluding hydrogens is 284 g/mol. The first-order valence-corrected chi connectivity index (χ1v) is 6.78. The minimum atomic E-state index is -0.0952. The van der Waals surface area contributed by atoms with Gasteiger partial charge in [-0.05, 0) is 34.8 Å². The Morgan fingerprint density at radius 2 is 2.12 bits per heavy atom. The van der Waals surface area contributed by atoms with E-state index in [1.807, 2.05) is 4.90 Å². The molecule has 1 aromatic heterocycles. The Bertz CT molecular complexity index is 352. The number of unbranched alkanes of at least 4 members (excludes halogenated alkanes) is 1. The molecule has 0 saturated heterocycles. The number of hydrogen-bond donors (Lipinski definition) is 1. The molecule has 2 amide bonds. The molecule has 0 unspecified atom stereocenters. The van der Waals surface area contributed by atoms with Crippen LogP contribution >= 0.6 is 15.9 Å². The van der Waals surface area contributed by atoms with Crippen LogP contribution in [0.5, 0.6) is 0 Å². The van der Waals surface area contributed by atoms with Gasteiger partial charge < -0.3 is 9.32 Å². The van der Waals surface area contributed by atoms with Gasteiger partial charge in [0, 0.05) is 19.2 Å². The van der Waals surface area contributed by atoms with E-state index in [9.17, 15) is 4.79 Å². The summed E-state index contributed by atoms with van der Waals surface area (Å²) in [5, 5.41) is 2.75. The van der Waals surface area contributed by atoms with Crippen LogP contribution in [0.2, 0.25) is 0 Å². The Morgan fingerprint density at radius 1 is 1.35 bits per heavy atom. The minimum Gasteiger partial charge on any atom is -0.434 e. The minimum absolute atomic E-state index is 0.0952. The van der Waals surface area contributed by atoms with E-state index < -0.39 is 0 Å². The van der Waals surface area contributed by atoms with Crippen LogP contribution in [0.1, 0.15) is 33.1 Å². The SMILES string of the molecule is CCCCN(CCC)C(=O)Nc1ccc(Br)o1. The van der Waals surface area contributed by atoms with Crippen LogP contribution in [-0.4, -0.2) is 24.0 Å². The van der Waals surface area contributed by atoms with Crippen LogP contribution in [0.4, 0.5) is 10.7 Å². The zero-order chi connectivity index (χ0) is 12.7. The van der Waals surface area contributed by atoms with Crippen LogP contribution in [-0.2, 0) is 0 Å². The fraction of sp³-hybridized carbons (Fsp3) is 0.583. The molecule has 4 nitrogen and oxygen atoms in total. The highest BCUT2D eigenvalue weighted by atomic mass is 79.9. The third-order valence-corrected chi connectivity index (χ3v) is 2.79. The van der Waals surface area contributed by atoms with Crippen molar-refractivity contribution in [1.82, 2.24) is 4.90 Å². The smallest absolute Gasteiger partial charge is 0.324 e. The first-order chi connectivity index (χ1) is 8.17. The zero-order valence-electron chi connectivity index (χ0n) is 10.3. The molecule has 0 aliphatic heterocycles. The van der Waals surface area contributed by atoms with Gasteiger partial charge in [-0.2, -0.15) is 0 Å². The van der Waals surface area contributed by atoms with Crippen molar-refractivity contribution in [3.05, 3.63) is 16.8 Å². The number of carbonyl (C=O) groups excluding carboxylic acids is 1. The van der Waals surface area contributed by atoms with Gasteiger partial charge in [-0.15, -0.1) is 0 Å². The molecule has 0 aliphatic rings. The monoisotopic (exact) mass is 302 g/mol. The number of nitrogens with zero attached hydrogens (tertiary/aromatic N) is 1. The largest absolute Gasteiger partial charge is 0.434 e. The van der Waals surface area contributed by atoms with E-state index in [2.05, 4.69) is 35.1 Å². The van der Waals surface area contributed by atoms with Gasteiger partial charge in [0.15, 0.2) is 4.67 Å². The lowest BCUT2D eigenvalue weighted by Crippen LogP contribution is -2.36. The molecule has 96 valence electrons. The van der Waals surface area contributed by atoms with Crippen molar-refractivity contribution in [3.8, 4) is 0 Å². The summed E-state index contributed by atoms with van der Waals surface area (Å²) in [5.74, 6) is 0.472. The van der Waals surface area contributed by atoms with Crippen molar-refractivity contribution in [2.75, 3.05) is 18.4 Å². The van der Waals surface area contributed by atoms with Crippen molar-refractivity contribution >= 4 is 27.8 Å². The van der Waals surface area contributed by atoms with Crippen LogP contribution < -0.4 is 5.32 Å². The summed E-state index contributed by atoms with van der Waals surface area (Å²) in [6.45, 7) is 5.74. The first-order valence-electron chi connectivity index (χ1n) is 5.98. The Hall–Kier alpha value is -0.970. The number of anilines is 1.